The summed E-state index contributed by atoms with van der Waals surface area (Å²) in [7, 11) is 0. The van der Waals surface area contributed by atoms with Gasteiger partial charge in [-0.2, -0.15) is 0 Å². The standard InChI is InChI=1S/C22H22N2O/c1-2-15-13-19-21(20(25)14-15)18(12-16-6-4-3-5-7-16)22(24-19)17-8-10-23-11-9-17/h3-11,15,24H,2,12-14H2,1H3. The van der Waals surface area contributed by atoms with E-state index in [0.717, 1.165) is 47.3 Å². The molecule has 0 amide bonds. The van der Waals surface area contributed by atoms with Crippen molar-refractivity contribution < 1.29 is 4.79 Å². The molecule has 126 valence electrons. The maximum absolute atomic E-state index is 12.9. The van der Waals surface area contributed by atoms with Gasteiger partial charge in [0.2, 0.25) is 0 Å². The minimum atomic E-state index is 0.288. The first kappa shape index (κ1) is 15.8. The molecule has 1 N–H and O–H groups in total. The van der Waals surface area contributed by atoms with Gasteiger partial charge in [-0.15, -0.1) is 0 Å². The van der Waals surface area contributed by atoms with Crippen LogP contribution < -0.4 is 0 Å². The number of aromatic amines is 1. The highest BCUT2D eigenvalue weighted by molar-refractivity contribution is 6.01. The average Bonchev–Trinajstić information content (AvgIpc) is 3.02. The lowest BCUT2D eigenvalue weighted by Crippen LogP contribution is -2.19. The molecule has 3 nitrogen and oxygen atoms in total. The third-order valence-electron chi connectivity index (χ3n) is 5.20. The van der Waals surface area contributed by atoms with Crippen LogP contribution in [-0.2, 0) is 12.8 Å². The molecule has 1 aromatic carbocycles. The minimum Gasteiger partial charge on any atom is -0.358 e. The van der Waals surface area contributed by atoms with Crippen LogP contribution in [0.4, 0.5) is 0 Å². The van der Waals surface area contributed by atoms with Gasteiger partial charge in [0, 0.05) is 42.1 Å². The summed E-state index contributed by atoms with van der Waals surface area (Å²) >= 11 is 0. The summed E-state index contributed by atoms with van der Waals surface area (Å²) in [5, 5.41) is 0. The molecule has 0 bridgehead atoms. The first-order chi connectivity index (χ1) is 12.3. The smallest absolute Gasteiger partial charge is 0.165 e. The average molecular weight is 330 g/mol. The zero-order valence-electron chi connectivity index (χ0n) is 14.5. The van der Waals surface area contributed by atoms with Crippen LogP contribution in [0.25, 0.3) is 11.3 Å². The predicted molar refractivity (Wildman–Crippen MR) is 99.7 cm³/mol. The quantitative estimate of drug-likeness (QED) is 0.745. The van der Waals surface area contributed by atoms with E-state index in [1.165, 1.54) is 5.56 Å². The van der Waals surface area contributed by atoms with E-state index in [4.69, 9.17) is 0 Å². The second kappa shape index (κ2) is 6.67. The van der Waals surface area contributed by atoms with Crippen molar-refractivity contribution in [3.8, 4) is 11.3 Å². The van der Waals surface area contributed by atoms with Gasteiger partial charge >= 0.3 is 0 Å². The molecule has 3 heteroatoms. The second-order valence-electron chi connectivity index (χ2n) is 6.84. The SMILES string of the molecule is CCC1CC(=O)c2c([nH]c(-c3ccncc3)c2Cc2ccccc2)C1. The van der Waals surface area contributed by atoms with Crippen molar-refractivity contribution in [1.82, 2.24) is 9.97 Å². The van der Waals surface area contributed by atoms with E-state index in [0.29, 0.717) is 12.3 Å². The third kappa shape index (κ3) is 3.02. The molecule has 0 spiro atoms. The molecule has 0 saturated heterocycles. The molecule has 1 aliphatic rings. The summed E-state index contributed by atoms with van der Waals surface area (Å²) in [6, 6.07) is 14.4. The Labute approximate surface area is 148 Å². The van der Waals surface area contributed by atoms with Gasteiger partial charge < -0.3 is 4.98 Å². The van der Waals surface area contributed by atoms with E-state index in [-0.39, 0.29) is 5.78 Å². The number of Topliss-reactive ketones (excluding diaryl/α,β-unsaturated/α-hetero) is 1. The highest BCUT2D eigenvalue weighted by Gasteiger charge is 2.30. The monoisotopic (exact) mass is 330 g/mol. The van der Waals surface area contributed by atoms with Crippen molar-refractivity contribution in [2.24, 2.45) is 5.92 Å². The zero-order chi connectivity index (χ0) is 17.2. The van der Waals surface area contributed by atoms with Crippen molar-refractivity contribution in [2.75, 3.05) is 0 Å². The van der Waals surface area contributed by atoms with E-state index in [9.17, 15) is 4.79 Å². The number of H-pyrrole nitrogens is 1. The summed E-state index contributed by atoms with van der Waals surface area (Å²) in [5.41, 5.74) is 6.57. The van der Waals surface area contributed by atoms with Crippen LogP contribution in [-0.4, -0.2) is 15.8 Å². The predicted octanol–water partition coefficient (Wildman–Crippen LogP) is 4.82. The van der Waals surface area contributed by atoms with Crippen molar-refractivity contribution in [3.05, 3.63) is 77.2 Å². The van der Waals surface area contributed by atoms with Gasteiger partial charge in [0.1, 0.15) is 0 Å². The van der Waals surface area contributed by atoms with Gasteiger partial charge in [0.25, 0.3) is 0 Å². The normalized spacial score (nSPS) is 16.7. The van der Waals surface area contributed by atoms with Crippen LogP contribution in [0.3, 0.4) is 0 Å². The number of hydrogen-bond donors (Lipinski definition) is 1. The van der Waals surface area contributed by atoms with Crippen LogP contribution in [0, 0.1) is 5.92 Å². The van der Waals surface area contributed by atoms with Gasteiger partial charge in [0.15, 0.2) is 5.78 Å². The third-order valence-corrected chi connectivity index (χ3v) is 5.20. The minimum absolute atomic E-state index is 0.288. The fourth-order valence-electron chi connectivity index (χ4n) is 3.84. The lowest BCUT2D eigenvalue weighted by atomic mass is 9.83. The number of carbonyl (C=O) groups is 1. The maximum atomic E-state index is 12.9. The first-order valence-electron chi connectivity index (χ1n) is 8.97. The first-order valence-corrected chi connectivity index (χ1v) is 8.97. The fraction of sp³-hybridized carbons (Fsp3) is 0.273. The molecule has 0 aliphatic heterocycles. The lowest BCUT2D eigenvalue weighted by Gasteiger charge is -2.20. The topological polar surface area (TPSA) is 45.8 Å². The molecule has 2 aromatic heterocycles. The summed E-state index contributed by atoms with van der Waals surface area (Å²) in [6.45, 7) is 2.17. The van der Waals surface area contributed by atoms with E-state index in [2.05, 4.69) is 41.2 Å². The Bertz CT molecular complexity index is 881. The van der Waals surface area contributed by atoms with Crippen LogP contribution in [0.2, 0.25) is 0 Å². The van der Waals surface area contributed by atoms with Gasteiger partial charge in [-0.25, -0.2) is 0 Å². The highest BCUT2D eigenvalue weighted by atomic mass is 16.1. The number of carbonyl (C=O) groups excluding carboxylic acids is 1. The Morgan fingerprint density at radius 2 is 1.84 bits per heavy atom. The van der Waals surface area contributed by atoms with E-state index in [1.54, 1.807) is 12.4 Å². The molecule has 1 atom stereocenters. The van der Waals surface area contributed by atoms with Crippen molar-refractivity contribution in [1.29, 1.82) is 0 Å². The Hall–Kier alpha value is -2.68. The number of nitrogens with zero attached hydrogens (tertiary/aromatic N) is 1. The Morgan fingerprint density at radius 3 is 2.56 bits per heavy atom. The number of benzene rings is 1. The van der Waals surface area contributed by atoms with Gasteiger partial charge in [0.05, 0.1) is 5.69 Å². The molecular formula is C22H22N2O. The number of rotatable bonds is 4. The van der Waals surface area contributed by atoms with Crippen molar-refractivity contribution >= 4 is 5.78 Å². The number of ketones is 1. The van der Waals surface area contributed by atoms with Gasteiger partial charge in [-0.05, 0) is 35.6 Å². The Morgan fingerprint density at radius 1 is 1.08 bits per heavy atom. The molecule has 25 heavy (non-hydrogen) atoms. The van der Waals surface area contributed by atoms with Crippen LogP contribution >= 0.6 is 0 Å². The van der Waals surface area contributed by atoms with Crippen LogP contribution in [0.1, 0.15) is 46.9 Å². The molecule has 4 rings (SSSR count). The van der Waals surface area contributed by atoms with E-state index >= 15 is 0 Å². The largest absolute Gasteiger partial charge is 0.358 e. The summed E-state index contributed by atoms with van der Waals surface area (Å²) < 4.78 is 0. The fourth-order valence-corrected chi connectivity index (χ4v) is 3.84. The summed E-state index contributed by atoms with van der Waals surface area (Å²) in [5.74, 6) is 0.740. The number of hydrogen-bond acceptors (Lipinski definition) is 2. The molecular weight excluding hydrogens is 308 g/mol. The molecule has 1 aliphatic carbocycles. The van der Waals surface area contributed by atoms with Crippen molar-refractivity contribution in [3.63, 3.8) is 0 Å². The second-order valence-corrected chi connectivity index (χ2v) is 6.84. The highest BCUT2D eigenvalue weighted by Crippen LogP contribution is 2.36. The molecule has 0 fully saturated rings. The number of nitrogens with one attached hydrogen (secondary N) is 1. The van der Waals surface area contributed by atoms with Crippen LogP contribution in [0.15, 0.2) is 54.9 Å². The number of fused-ring (bicyclic) bond motifs is 1. The van der Waals surface area contributed by atoms with Gasteiger partial charge in [-0.1, -0.05) is 43.7 Å². The van der Waals surface area contributed by atoms with E-state index in [1.807, 2.05) is 18.2 Å². The zero-order valence-corrected chi connectivity index (χ0v) is 14.5. The Kier molecular flexibility index (Phi) is 4.22. The van der Waals surface area contributed by atoms with Gasteiger partial charge in [-0.3, -0.25) is 9.78 Å². The molecule has 2 heterocycles. The molecule has 0 saturated carbocycles. The number of pyridine rings is 1. The molecule has 3 aromatic rings. The lowest BCUT2D eigenvalue weighted by molar-refractivity contribution is 0.0946. The summed E-state index contributed by atoms with van der Waals surface area (Å²) in [6.07, 6.45) is 7.05. The van der Waals surface area contributed by atoms with E-state index < -0.39 is 0 Å². The van der Waals surface area contributed by atoms with Crippen LogP contribution in [0.5, 0.6) is 0 Å². The van der Waals surface area contributed by atoms with Crippen molar-refractivity contribution in [2.45, 2.75) is 32.6 Å². The molecule has 0 radical (unpaired) electrons. The summed E-state index contributed by atoms with van der Waals surface area (Å²) in [4.78, 5) is 20.6. The number of aromatic nitrogens is 2. The maximum Gasteiger partial charge on any atom is 0.165 e. The Balaban J connectivity index is 1.85. The molecule has 1 unspecified atom stereocenters.